The standard InChI is InChI=1S/C11H19NO7/c1-4-10(14)12(9(2)13)19-11(15)18-8-7-17-6-5-16-3/h4-8H2,1-3H3. The third-order valence-electron chi connectivity index (χ3n) is 1.86. The largest absolute Gasteiger partial charge is 0.534 e. The third kappa shape index (κ3) is 8.11. The van der Waals surface area contributed by atoms with E-state index in [0.29, 0.717) is 18.3 Å². The summed E-state index contributed by atoms with van der Waals surface area (Å²) in [5, 5.41) is 0.369. The minimum Gasteiger partial charge on any atom is -0.430 e. The molecule has 8 nitrogen and oxygen atoms in total. The zero-order valence-corrected chi connectivity index (χ0v) is 11.3. The Morgan fingerprint density at radius 2 is 1.68 bits per heavy atom. The molecular weight excluding hydrogens is 258 g/mol. The van der Waals surface area contributed by atoms with Gasteiger partial charge < -0.3 is 14.2 Å². The first-order valence-corrected chi connectivity index (χ1v) is 5.77. The number of amides is 2. The first-order valence-electron chi connectivity index (χ1n) is 5.77. The SMILES string of the molecule is CCC(=O)N(OC(=O)OCCOCCOC)C(C)=O. The van der Waals surface area contributed by atoms with E-state index in [1.165, 1.54) is 14.0 Å². The van der Waals surface area contributed by atoms with Gasteiger partial charge in [0.05, 0.1) is 19.8 Å². The highest BCUT2D eigenvalue weighted by Crippen LogP contribution is 1.99. The fourth-order valence-electron chi connectivity index (χ4n) is 0.964. The molecule has 0 fully saturated rings. The second kappa shape index (κ2) is 10.3. The Balaban J connectivity index is 3.88. The Kier molecular flexibility index (Phi) is 9.37. The summed E-state index contributed by atoms with van der Waals surface area (Å²) in [5.41, 5.74) is 0. The van der Waals surface area contributed by atoms with Crippen molar-refractivity contribution in [3.63, 3.8) is 0 Å². The van der Waals surface area contributed by atoms with E-state index in [1.807, 2.05) is 0 Å². The fraction of sp³-hybridized carbons (Fsp3) is 0.727. The summed E-state index contributed by atoms with van der Waals surface area (Å²) in [6.45, 7) is 3.58. The molecule has 0 atom stereocenters. The van der Waals surface area contributed by atoms with Gasteiger partial charge >= 0.3 is 6.16 Å². The number of hydroxylamine groups is 2. The molecule has 0 saturated carbocycles. The molecule has 8 heteroatoms. The number of ether oxygens (including phenoxy) is 3. The summed E-state index contributed by atoms with van der Waals surface area (Å²) in [4.78, 5) is 38.0. The van der Waals surface area contributed by atoms with Crippen LogP contribution in [0, 0.1) is 0 Å². The van der Waals surface area contributed by atoms with E-state index in [-0.39, 0.29) is 19.6 Å². The smallest absolute Gasteiger partial charge is 0.430 e. The van der Waals surface area contributed by atoms with Crippen LogP contribution in [0.1, 0.15) is 20.3 Å². The van der Waals surface area contributed by atoms with Crippen molar-refractivity contribution in [3.05, 3.63) is 0 Å². The first-order chi connectivity index (χ1) is 9.02. The quantitative estimate of drug-likeness (QED) is 0.380. The van der Waals surface area contributed by atoms with Gasteiger partial charge in [-0.1, -0.05) is 12.0 Å². The maximum absolute atomic E-state index is 11.3. The average Bonchev–Trinajstić information content (AvgIpc) is 2.38. The molecule has 0 N–H and O–H groups in total. The maximum Gasteiger partial charge on any atom is 0.534 e. The number of methoxy groups -OCH3 is 1. The van der Waals surface area contributed by atoms with Crippen molar-refractivity contribution >= 4 is 18.0 Å². The second-order valence-electron chi connectivity index (χ2n) is 3.36. The lowest BCUT2D eigenvalue weighted by Crippen LogP contribution is -2.37. The Hall–Kier alpha value is -1.67. The van der Waals surface area contributed by atoms with Gasteiger partial charge in [-0.25, -0.2) is 4.79 Å². The van der Waals surface area contributed by atoms with Gasteiger partial charge in [-0.15, -0.1) is 0 Å². The molecule has 0 saturated heterocycles. The Bertz CT molecular complexity index is 305. The molecule has 0 aromatic rings. The zero-order valence-electron chi connectivity index (χ0n) is 11.3. The van der Waals surface area contributed by atoms with Crippen molar-refractivity contribution in [1.82, 2.24) is 5.06 Å². The molecule has 0 aliphatic heterocycles. The van der Waals surface area contributed by atoms with E-state index in [2.05, 4.69) is 9.57 Å². The molecule has 19 heavy (non-hydrogen) atoms. The maximum atomic E-state index is 11.3. The second-order valence-corrected chi connectivity index (χ2v) is 3.36. The Morgan fingerprint density at radius 1 is 1.05 bits per heavy atom. The number of nitrogens with zero attached hydrogens (tertiary/aromatic N) is 1. The molecule has 0 spiro atoms. The van der Waals surface area contributed by atoms with Gasteiger partial charge in [0.2, 0.25) is 0 Å². The number of rotatable bonds is 7. The van der Waals surface area contributed by atoms with Crippen LogP contribution >= 0.6 is 0 Å². The Labute approximate surface area is 111 Å². The lowest BCUT2D eigenvalue weighted by Gasteiger charge is -2.16. The van der Waals surface area contributed by atoms with E-state index in [1.54, 1.807) is 0 Å². The number of carbonyl (C=O) groups excluding carboxylic acids is 3. The van der Waals surface area contributed by atoms with Crippen LogP contribution in [-0.4, -0.2) is 56.6 Å². The van der Waals surface area contributed by atoms with Crippen LogP contribution in [0.3, 0.4) is 0 Å². The van der Waals surface area contributed by atoms with E-state index in [0.717, 1.165) is 6.92 Å². The number of hydrogen-bond donors (Lipinski definition) is 0. The third-order valence-corrected chi connectivity index (χ3v) is 1.86. The molecule has 0 unspecified atom stereocenters. The van der Waals surface area contributed by atoms with Gasteiger partial charge in [0, 0.05) is 20.5 Å². The van der Waals surface area contributed by atoms with Crippen LogP contribution < -0.4 is 0 Å². The van der Waals surface area contributed by atoms with Gasteiger partial charge in [0.15, 0.2) is 0 Å². The number of imide groups is 1. The fourth-order valence-corrected chi connectivity index (χ4v) is 0.964. The molecule has 0 rings (SSSR count). The summed E-state index contributed by atoms with van der Waals surface area (Å²) < 4.78 is 14.4. The number of hydrogen-bond acceptors (Lipinski definition) is 7. The highest BCUT2D eigenvalue weighted by Gasteiger charge is 2.22. The van der Waals surface area contributed by atoms with Crippen LogP contribution in [0.2, 0.25) is 0 Å². The molecule has 2 amide bonds. The summed E-state index contributed by atoms with van der Waals surface area (Å²) >= 11 is 0. The molecule has 0 aliphatic rings. The van der Waals surface area contributed by atoms with Gasteiger partial charge in [-0.3, -0.25) is 14.4 Å². The van der Waals surface area contributed by atoms with Gasteiger partial charge in [-0.2, -0.15) is 0 Å². The molecule has 0 bridgehead atoms. The summed E-state index contributed by atoms with van der Waals surface area (Å²) in [6.07, 6.45) is -1.10. The van der Waals surface area contributed by atoms with Crippen LogP contribution in [0.25, 0.3) is 0 Å². The minimum absolute atomic E-state index is 0.0347. The van der Waals surface area contributed by atoms with Crippen molar-refractivity contribution in [1.29, 1.82) is 0 Å². The lowest BCUT2D eigenvalue weighted by molar-refractivity contribution is -0.183. The van der Waals surface area contributed by atoms with Crippen molar-refractivity contribution in [2.45, 2.75) is 20.3 Å². The highest BCUT2D eigenvalue weighted by atomic mass is 16.8. The van der Waals surface area contributed by atoms with E-state index in [4.69, 9.17) is 9.47 Å². The first kappa shape index (κ1) is 17.3. The molecule has 0 aromatic heterocycles. The summed E-state index contributed by atoms with van der Waals surface area (Å²) in [7, 11) is 1.54. The van der Waals surface area contributed by atoms with Crippen molar-refractivity contribution < 1.29 is 33.4 Å². The topological polar surface area (TPSA) is 91.4 Å². The summed E-state index contributed by atoms with van der Waals surface area (Å²) in [6, 6.07) is 0. The molecule has 0 radical (unpaired) electrons. The van der Waals surface area contributed by atoms with Crippen molar-refractivity contribution in [2.24, 2.45) is 0 Å². The van der Waals surface area contributed by atoms with Crippen LogP contribution in [0.4, 0.5) is 4.79 Å². The minimum atomic E-state index is -1.13. The monoisotopic (exact) mass is 277 g/mol. The van der Waals surface area contributed by atoms with Crippen molar-refractivity contribution in [3.8, 4) is 0 Å². The predicted octanol–water partition coefficient (Wildman–Crippen LogP) is 0.503. The molecular formula is C11H19NO7. The van der Waals surface area contributed by atoms with Crippen LogP contribution in [-0.2, 0) is 28.6 Å². The lowest BCUT2D eigenvalue weighted by atomic mass is 10.4. The molecule has 0 heterocycles. The zero-order chi connectivity index (χ0) is 14.7. The predicted molar refractivity (Wildman–Crippen MR) is 62.9 cm³/mol. The van der Waals surface area contributed by atoms with Gasteiger partial charge in [0.25, 0.3) is 11.8 Å². The average molecular weight is 277 g/mol. The molecule has 110 valence electrons. The molecule has 0 aliphatic carbocycles. The molecule has 0 aromatic carbocycles. The van der Waals surface area contributed by atoms with Gasteiger partial charge in [-0.05, 0) is 0 Å². The highest BCUT2D eigenvalue weighted by molar-refractivity contribution is 5.93. The van der Waals surface area contributed by atoms with E-state index >= 15 is 0 Å². The normalized spacial score (nSPS) is 9.84. The van der Waals surface area contributed by atoms with E-state index < -0.39 is 18.0 Å². The van der Waals surface area contributed by atoms with Crippen molar-refractivity contribution in [2.75, 3.05) is 33.5 Å². The van der Waals surface area contributed by atoms with Gasteiger partial charge in [0.1, 0.15) is 6.61 Å². The van der Waals surface area contributed by atoms with Crippen LogP contribution in [0.15, 0.2) is 0 Å². The summed E-state index contributed by atoms with van der Waals surface area (Å²) in [5.74, 6) is -1.32. The van der Waals surface area contributed by atoms with E-state index in [9.17, 15) is 14.4 Å². The Morgan fingerprint density at radius 3 is 2.21 bits per heavy atom. The number of carbonyl (C=O) groups is 3. The van der Waals surface area contributed by atoms with Crippen LogP contribution in [0.5, 0.6) is 0 Å².